The summed E-state index contributed by atoms with van der Waals surface area (Å²) in [6.45, 7) is 8.73. The van der Waals surface area contributed by atoms with Crippen molar-refractivity contribution in [2.24, 2.45) is 50.7 Å². The monoisotopic (exact) mass is 376 g/mol. The molecule has 8 atom stereocenters. The van der Waals surface area contributed by atoms with Crippen molar-refractivity contribution in [2.45, 2.75) is 84.7 Å². The molecule has 5 heteroatoms. The maximum absolute atomic E-state index is 11.8. The molecule has 0 aromatic heterocycles. The highest BCUT2D eigenvalue weighted by molar-refractivity contribution is 5.85. The SMILES string of the molecule is C/C(=N\O)[C@H]1CC[C@H]2[C@@H]3CCC4C/C(=N\O)CC[C@]4(C)[C@H]3C(C)(O)C[C@]12C. The lowest BCUT2D eigenvalue weighted by Gasteiger charge is -2.65. The number of oxime groups is 2. The second-order valence-corrected chi connectivity index (χ2v) is 10.8. The van der Waals surface area contributed by atoms with Crippen LogP contribution < -0.4 is 0 Å². The Labute approximate surface area is 162 Å². The van der Waals surface area contributed by atoms with Crippen LogP contribution >= 0.6 is 0 Å². The van der Waals surface area contributed by atoms with Gasteiger partial charge in [-0.05, 0) is 99.7 Å². The van der Waals surface area contributed by atoms with Gasteiger partial charge in [-0.2, -0.15) is 0 Å². The van der Waals surface area contributed by atoms with Gasteiger partial charge in [0.1, 0.15) is 0 Å². The molecule has 2 unspecified atom stereocenters. The molecule has 27 heavy (non-hydrogen) atoms. The summed E-state index contributed by atoms with van der Waals surface area (Å²) >= 11 is 0. The molecule has 0 amide bonds. The van der Waals surface area contributed by atoms with Crippen LogP contribution in [0.1, 0.15) is 79.1 Å². The predicted molar refractivity (Wildman–Crippen MR) is 105 cm³/mol. The Morgan fingerprint density at radius 1 is 1.04 bits per heavy atom. The first-order chi connectivity index (χ1) is 12.7. The van der Waals surface area contributed by atoms with E-state index in [0.717, 1.165) is 56.4 Å². The standard InChI is InChI=1S/C22H36N2O3/c1-13(23-26)17-7-8-18-16-6-5-14-11-15(24-27)9-10-20(14,2)19(16)22(4,25)12-21(17,18)3/h14,16-19,25-27H,5-12H2,1-4H3/b23-13+,24-15-/t14?,16-,17+,18-,19-,20-,21+,22?/m0/s1. The fourth-order valence-electron chi connectivity index (χ4n) is 8.68. The maximum atomic E-state index is 11.8. The van der Waals surface area contributed by atoms with E-state index in [9.17, 15) is 15.5 Å². The molecule has 4 fully saturated rings. The third kappa shape index (κ3) is 2.60. The highest BCUT2D eigenvalue weighted by Crippen LogP contribution is 2.69. The first kappa shape index (κ1) is 19.2. The molecule has 0 radical (unpaired) electrons. The van der Waals surface area contributed by atoms with E-state index in [1.807, 2.05) is 6.92 Å². The average molecular weight is 377 g/mol. The van der Waals surface area contributed by atoms with E-state index < -0.39 is 5.60 Å². The van der Waals surface area contributed by atoms with Crippen LogP contribution in [0.15, 0.2) is 10.3 Å². The van der Waals surface area contributed by atoms with Crippen LogP contribution in [0.5, 0.6) is 0 Å². The first-order valence-electron chi connectivity index (χ1n) is 10.8. The van der Waals surface area contributed by atoms with Crippen molar-refractivity contribution in [1.82, 2.24) is 0 Å². The van der Waals surface area contributed by atoms with Crippen LogP contribution in [-0.2, 0) is 0 Å². The molecule has 4 saturated carbocycles. The summed E-state index contributed by atoms with van der Waals surface area (Å²) < 4.78 is 0. The van der Waals surface area contributed by atoms with Gasteiger partial charge in [0.15, 0.2) is 0 Å². The normalized spacial score (nSPS) is 54.3. The number of aliphatic hydroxyl groups is 1. The van der Waals surface area contributed by atoms with Gasteiger partial charge in [-0.1, -0.05) is 24.2 Å². The molecule has 0 spiro atoms. The van der Waals surface area contributed by atoms with Gasteiger partial charge in [0.05, 0.1) is 17.0 Å². The molecular formula is C22H36N2O3. The quantitative estimate of drug-likeness (QED) is 0.353. The molecule has 0 bridgehead atoms. The molecule has 3 N–H and O–H groups in total. The molecule has 0 aromatic rings. The lowest BCUT2D eigenvalue weighted by Crippen LogP contribution is -2.63. The number of hydrogen-bond acceptors (Lipinski definition) is 5. The van der Waals surface area contributed by atoms with Crippen LogP contribution in [0, 0.1) is 40.4 Å². The zero-order valence-corrected chi connectivity index (χ0v) is 17.3. The molecular weight excluding hydrogens is 340 g/mol. The van der Waals surface area contributed by atoms with E-state index in [1.54, 1.807) is 0 Å². The van der Waals surface area contributed by atoms with Gasteiger partial charge in [0.25, 0.3) is 0 Å². The number of hydrogen-bond donors (Lipinski definition) is 3. The lowest BCUT2D eigenvalue weighted by molar-refractivity contribution is -0.206. The highest BCUT2D eigenvalue weighted by Gasteiger charge is 2.66. The predicted octanol–water partition coefficient (Wildman–Crippen LogP) is 4.69. The van der Waals surface area contributed by atoms with Gasteiger partial charge in [-0.15, -0.1) is 0 Å². The third-order valence-electron chi connectivity index (χ3n) is 9.49. The van der Waals surface area contributed by atoms with Crippen LogP contribution in [0.25, 0.3) is 0 Å². The Morgan fingerprint density at radius 3 is 2.44 bits per heavy atom. The molecule has 4 aliphatic carbocycles. The molecule has 5 nitrogen and oxygen atoms in total. The zero-order valence-electron chi connectivity index (χ0n) is 17.3. The van der Waals surface area contributed by atoms with Crippen molar-refractivity contribution in [3.05, 3.63) is 0 Å². The van der Waals surface area contributed by atoms with E-state index in [0.29, 0.717) is 23.7 Å². The molecule has 4 aliphatic rings. The minimum Gasteiger partial charge on any atom is -0.411 e. The molecule has 0 aromatic carbocycles. The first-order valence-corrected chi connectivity index (χ1v) is 10.8. The van der Waals surface area contributed by atoms with Gasteiger partial charge >= 0.3 is 0 Å². The molecule has 0 aliphatic heterocycles. The van der Waals surface area contributed by atoms with Gasteiger partial charge < -0.3 is 15.5 Å². The second kappa shape index (κ2) is 6.20. The van der Waals surface area contributed by atoms with Crippen LogP contribution in [0.2, 0.25) is 0 Å². The summed E-state index contributed by atoms with van der Waals surface area (Å²) in [7, 11) is 0. The lowest BCUT2D eigenvalue weighted by atomic mass is 9.41. The van der Waals surface area contributed by atoms with E-state index in [-0.39, 0.29) is 16.7 Å². The van der Waals surface area contributed by atoms with Gasteiger partial charge in [-0.3, -0.25) is 0 Å². The largest absolute Gasteiger partial charge is 0.411 e. The molecule has 0 saturated heterocycles. The van der Waals surface area contributed by atoms with Gasteiger partial charge in [-0.25, -0.2) is 0 Å². The molecule has 4 rings (SSSR count). The second-order valence-electron chi connectivity index (χ2n) is 10.8. The van der Waals surface area contributed by atoms with E-state index in [2.05, 4.69) is 31.1 Å². The van der Waals surface area contributed by atoms with Crippen molar-refractivity contribution >= 4 is 11.4 Å². The van der Waals surface area contributed by atoms with Crippen molar-refractivity contribution in [3.63, 3.8) is 0 Å². The van der Waals surface area contributed by atoms with Crippen LogP contribution in [0.3, 0.4) is 0 Å². The van der Waals surface area contributed by atoms with Crippen molar-refractivity contribution in [2.75, 3.05) is 0 Å². The topological polar surface area (TPSA) is 85.4 Å². The number of rotatable bonds is 1. The van der Waals surface area contributed by atoms with Crippen molar-refractivity contribution in [1.29, 1.82) is 0 Å². The molecule has 152 valence electrons. The summed E-state index contributed by atoms with van der Waals surface area (Å²) in [6, 6.07) is 0. The summed E-state index contributed by atoms with van der Waals surface area (Å²) in [5, 5.41) is 37.6. The van der Waals surface area contributed by atoms with E-state index in [1.165, 1.54) is 6.42 Å². The Morgan fingerprint density at radius 2 is 1.78 bits per heavy atom. The van der Waals surface area contributed by atoms with Crippen molar-refractivity contribution in [3.8, 4) is 0 Å². The fraction of sp³-hybridized carbons (Fsp3) is 0.909. The minimum absolute atomic E-state index is 0.0105. The average Bonchev–Trinajstić information content (AvgIpc) is 2.95. The van der Waals surface area contributed by atoms with E-state index in [4.69, 9.17) is 0 Å². The van der Waals surface area contributed by atoms with E-state index >= 15 is 0 Å². The highest BCUT2D eigenvalue weighted by atomic mass is 16.4. The zero-order chi connectivity index (χ0) is 19.6. The third-order valence-corrected chi connectivity index (χ3v) is 9.49. The van der Waals surface area contributed by atoms with Gasteiger partial charge in [0, 0.05) is 5.92 Å². The fourth-order valence-corrected chi connectivity index (χ4v) is 8.68. The minimum atomic E-state index is -0.713. The number of fused-ring (bicyclic) bond motifs is 5. The summed E-state index contributed by atoms with van der Waals surface area (Å²) in [6.07, 6.45) is 8.09. The van der Waals surface area contributed by atoms with Crippen molar-refractivity contribution < 1.29 is 15.5 Å². The molecule has 0 heterocycles. The number of nitrogens with zero attached hydrogens (tertiary/aromatic N) is 2. The van der Waals surface area contributed by atoms with Gasteiger partial charge in [0.2, 0.25) is 0 Å². The Kier molecular flexibility index (Phi) is 4.41. The Bertz CT molecular complexity index is 672. The Hall–Kier alpha value is -1.10. The Balaban J connectivity index is 1.71. The van der Waals surface area contributed by atoms with Crippen LogP contribution in [-0.4, -0.2) is 32.5 Å². The maximum Gasteiger partial charge on any atom is 0.0661 e. The smallest absolute Gasteiger partial charge is 0.0661 e. The summed E-state index contributed by atoms with van der Waals surface area (Å²) in [5.74, 6) is 2.20. The summed E-state index contributed by atoms with van der Waals surface area (Å²) in [4.78, 5) is 0. The summed E-state index contributed by atoms with van der Waals surface area (Å²) in [5.41, 5.74) is 1.18. The van der Waals surface area contributed by atoms with Crippen LogP contribution in [0.4, 0.5) is 0 Å².